The molecule has 0 spiro atoms. The fourth-order valence-electron chi connectivity index (χ4n) is 2.23. The highest BCUT2D eigenvalue weighted by atomic mass is 16.5. The van der Waals surface area contributed by atoms with Gasteiger partial charge in [0.1, 0.15) is 0 Å². The predicted octanol–water partition coefficient (Wildman–Crippen LogP) is 0.764. The average molecular weight is 272 g/mol. The summed E-state index contributed by atoms with van der Waals surface area (Å²) in [6.45, 7) is 1.46. The predicted molar refractivity (Wildman–Crippen MR) is 75.0 cm³/mol. The molecule has 2 N–H and O–H groups in total. The van der Waals surface area contributed by atoms with Gasteiger partial charge < -0.3 is 20.1 Å². The zero-order chi connectivity index (χ0) is 14.1. The first kappa shape index (κ1) is 16.4. The lowest BCUT2D eigenvalue weighted by Crippen LogP contribution is -2.34. The minimum Gasteiger partial charge on any atom is -0.389 e. The number of nitrogens with zero attached hydrogens (tertiary/aromatic N) is 1. The molecule has 0 heterocycles. The summed E-state index contributed by atoms with van der Waals surface area (Å²) in [5.74, 6) is 0.0976. The number of hydrogen-bond donors (Lipinski definition) is 2. The van der Waals surface area contributed by atoms with Crippen LogP contribution in [-0.2, 0) is 9.53 Å². The Hall–Kier alpha value is -0.650. The van der Waals surface area contributed by atoms with Crippen molar-refractivity contribution in [2.24, 2.45) is 0 Å². The van der Waals surface area contributed by atoms with E-state index in [1.807, 2.05) is 0 Å². The summed E-state index contributed by atoms with van der Waals surface area (Å²) in [5, 5.41) is 12.9. The zero-order valence-corrected chi connectivity index (χ0v) is 12.2. The maximum Gasteiger partial charge on any atom is 0.223 e. The van der Waals surface area contributed by atoms with Crippen molar-refractivity contribution >= 4 is 5.91 Å². The first-order chi connectivity index (χ1) is 9.09. The number of rotatable bonds is 8. The summed E-state index contributed by atoms with van der Waals surface area (Å²) < 4.78 is 5.70. The SMILES string of the molecule is CN(C)C(=O)CCNCC(O)COC1CCCCC1. The zero-order valence-electron chi connectivity index (χ0n) is 12.2. The molecule has 1 saturated carbocycles. The van der Waals surface area contributed by atoms with E-state index in [1.165, 1.54) is 19.3 Å². The first-order valence-electron chi connectivity index (χ1n) is 7.30. The number of nitrogens with one attached hydrogen (secondary N) is 1. The van der Waals surface area contributed by atoms with Crippen molar-refractivity contribution in [3.05, 3.63) is 0 Å². The van der Waals surface area contributed by atoms with Gasteiger partial charge in [0.2, 0.25) is 5.91 Å². The Morgan fingerprint density at radius 2 is 2.05 bits per heavy atom. The molecule has 1 unspecified atom stereocenters. The van der Waals surface area contributed by atoms with E-state index >= 15 is 0 Å². The molecular weight excluding hydrogens is 244 g/mol. The summed E-state index contributed by atoms with van der Waals surface area (Å²) in [5.41, 5.74) is 0. The van der Waals surface area contributed by atoms with E-state index < -0.39 is 6.10 Å². The molecule has 1 fully saturated rings. The van der Waals surface area contributed by atoms with Gasteiger partial charge in [-0.3, -0.25) is 4.79 Å². The maximum absolute atomic E-state index is 11.3. The molecule has 1 rings (SSSR count). The highest BCUT2D eigenvalue weighted by Crippen LogP contribution is 2.20. The molecular formula is C14H28N2O3. The van der Waals surface area contributed by atoms with Crippen LogP contribution in [0.2, 0.25) is 0 Å². The third-order valence-corrected chi connectivity index (χ3v) is 3.47. The van der Waals surface area contributed by atoms with Crippen LogP contribution in [0.4, 0.5) is 0 Å². The second kappa shape index (κ2) is 9.28. The topological polar surface area (TPSA) is 61.8 Å². The van der Waals surface area contributed by atoms with Crippen molar-refractivity contribution in [1.82, 2.24) is 10.2 Å². The summed E-state index contributed by atoms with van der Waals surface area (Å²) in [4.78, 5) is 12.9. The number of ether oxygens (including phenoxy) is 1. The van der Waals surface area contributed by atoms with Gasteiger partial charge in [-0.1, -0.05) is 19.3 Å². The van der Waals surface area contributed by atoms with E-state index in [-0.39, 0.29) is 5.91 Å². The quantitative estimate of drug-likeness (QED) is 0.641. The molecule has 1 atom stereocenters. The Morgan fingerprint density at radius 3 is 2.68 bits per heavy atom. The summed E-state index contributed by atoms with van der Waals surface area (Å²) in [6, 6.07) is 0. The number of amides is 1. The van der Waals surface area contributed by atoms with Crippen molar-refractivity contribution in [2.45, 2.75) is 50.7 Å². The Bertz CT molecular complexity index is 253. The van der Waals surface area contributed by atoms with Crippen LogP contribution >= 0.6 is 0 Å². The molecule has 19 heavy (non-hydrogen) atoms. The number of carbonyl (C=O) groups excluding carboxylic acids is 1. The van der Waals surface area contributed by atoms with E-state index in [0.717, 1.165) is 12.8 Å². The minimum absolute atomic E-state index is 0.0976. The third kappa shape index (κ3) is 7.50. The molecule has 5 nitrogen and oxygen atoms in total. The van der Waals surface area contributed by atoms with Gasteiger partial charge in [0.15, 0.2) is 0 Å². The van der Waals surface area contributed by atoms with Crippen molar-refractivity contribution in [1.29, 1.82) is 0 Å². The normalized spacial score (nSPS) is 18.3. The third-order valence-electron chi connectivity index (χ3n) is 3.47. The smallest absolute Gasteiger partial charge is 0.223 e. The Kier molecular flexibility index (Phi) is 8.02. The highest BCUT2D eigenvalue weighted by Gasteiger charge is 2.15. The molecule has 0 radical (unpaired) electrons. The molecule has 0 aromatic rings. The van der Waals surface area contributed by atoms with Gasteiger partial charge in [-0.05, 0) is 12.8 Å². The molecule has 1 aliphatic carbocycles. The van der Waals surface area contributed by atoms with Crippen molar-refractivity contribution in [2.75, 3.05) is 33.8 Å². The fraction of sp³-hybridized carbons (Fsp3) is 0.929. The van der Waals surface area contributed by atoms with Gasteiger partial charge in [-0.25, -0.2) is 0 Å². The average Bonchev–Trinajstić information content (AvgIpc) is 2.42. The van der Waals surface area contributed by atoms with Crippen LogP contribution in [0.5, 0.6) is 0 Å². The molecule has 5 heteroatoms. The van der Waals surface area contributed by atoms with Crippen molar-refractivity contribution in [3.63, 3.8) is 0 Å². The standard InChI is InChI=1S/C14H28N2O3/c1-16(2)14(18)8-9-15-10-12(17)11-19-13-6-4-3-5-7-13/h12-13,15,17H,3-11H2,1-2H3. The van der Waals surface area contributed by atoms with Gasteiger partial charge >= 0.3 is 0 Å². The lowest BCUT2D eigenvalue weighted by molar-refractivity contribution is -0.128. The molecule has 1 amide bonds. The highest BCUT2D eigenvalue weighted by molar-refractivity contribution is 5.75. The van der Waals surface area contributed by atoms with Crippen LogP contribution in [0, 0.1) is 0 Å². The Balaban J connectivity index is 1.98. The van der Waals surface area contributed by atoms with Crippen LogP contribution in [0.3, 0.4) is 0 Å². The number of aliphatic hydroxyl groups excluding tert-OH is 1. The molecule has 0 aliphatic heterocycles. The second-order valence-electron chi connectivity index (χ2n) is 5.49. The lowest BCUT2D eigenvalue weighted by atomic mass is 9.98. The van der Waals surface area contributed by atoms with E-state index in [0.29, 0.717) is 32.2 Å². The van der Waals surface area contributed by atoms with Gasteiger partial charge in [-0.2, -0.15) is 0 Å². The summed E-state index contributed by atoms with van der Waals surface area (Å²) in [7, 11) is 3.49. The van der Waals surface area contributed by atoms with Crippen molar-refractivity contribution in [3.8, 4) is 0 Å². The molecule has 0 bridgehead atoms. The van der Waals surface area contributed by atoms with Crippen LogP contribution in [-0.4, -0.2) is 61.9 Å². The largest absolute Gasteiger partial charge is 0.389 e. The number of aliphatic hydroxyl groups is 1. The molecule has 0 aromatic heterocycles. The molecule has 0 aromatic carbocycles. The monoisotopic (exact) mass is 272 g/mol. The summed E-state index contributed by atoms with van der Waals surface area (Å²) in [6.07, 6.45) is 6.34. The van der Waals surface area contributed by atoms with E-state index in [2.05, 4.69) is 5.32 Å². The molecule has 0 saturated heterocycles. The number of carbonyl (C=O) groups is 1. The minimum atomic E-state index is -0.489. The van der Waals surface area contributed by atoms with Crippen LogP contribution in [0.1, 0.15) is 38.5 Å². The van der Waals surface area contributed by atoms with Crippen LogP contribution in [0.15, 0.2) is 0 Å². The first-order valence-corrected chi connectivity index (χ1v) is 7.30. The summed E-state index contributed by atoms with van der Waals surface area (Å²) >= 11 is 0. The fourth-order valence-corrected chi connectivity index (χ4v) is 2.23. The van der Waals surface area contributed by atoms with Gasteiger partial charge in [0.25, 0.3) is 0 Å². The number of hydrogen-bond acceptors (Lipinski definition) is 4. The van der Waals surface area contributed by atoms with E-state index in [1.54, 1.807) is 19.0 Å². The van der Waals surface area contributed by atoms with E-state index in [4.69, 9.17) is 4.74 Å². The molecule has 1 aliphatic rings. The lowest BCUT2D eigenvalue weighted by Gasteiger charge is -2.23. The maximum atomic E-state index is 11.3. The Labute approximate surface area is 116 Å². The van der Waals surface area contributed by atoms with Gasteiger partial charge in [0, 0.05) is 33.6 Å². The van der Waals surface area contributed by atoms with E-state index in [9.17, 15) is 9.90 Å². The second-order valence-corrected chi connectivity index (χ2v) is 5.49. The molecule has 112 valence electrons. The van der Waals surface area contributed by atoms with Crippen molar-refractivity contribution < 1.29 is 14.6 Å². The Morgan fingerprint density at radius 1 is 1.37 bits per heavy atom. The van der Waals surface area contributed by atoms with Gasteiger partial charge in [-0.15, -0.1) is 0 Å². The van der Waals surface area contributed by atoms with Crippen LogP contribution < -0.4 is 5.32 Å². The van der Waals surface area contributed by atoms with Gasteiger partial charge in [0.05, 0.1) is 18.8 Å². The van der Waals surface area contributed by atoms with Crippen LogP contribution in [0.25, 0.3) is 0 Å².